The molecule has 0 radical (unpaired) electrons. The summed E-state index contributed by atoms with van der Waals surface area (Å²) in [5.74, 6) is -1.91. The van der Waals surface area contributed by atoms with Crippen LogP contribution in [0, 0.1) is 5.92 Å². The lowest BCUT2D eigenvalue weighted by Gasteiger charge is -2.39. The summed E-state index contributed by atoms with van der Waals surface area (Å²) in [5.41, 5.74) is 0. The standard InChI is InChI=1S/C25H41N3O9/c1-13(2)12-16(23(33)26-14(3)24(34)28-11-7-8-17(28)25(35)36-5)27-19(29)10-6-9-18-21(31)22(32)20(30)15(4)37-18/h6,10,13-18,20-22,30-32H,7-9,11-12H2,1-5H3,(H,26,33)(H,27,29)/b10-6+/t14-,15-,16-,17-,18-,20+,21+,22+/m0/s1. The molecule has 2 aliphatic heterocycles. The molecule has 0 aromatic heterocycles. The molecule has 37 heavy (non-hydrogen) atoms. The van der Waals surface area contributed by atoms with Crippen LogP contribution in [0.3, 0.4) is 0 Å². The highest BCUT2D eigenvalue weighted by Crippen LogP contribution is 2.23. The number of carbonyl (C=O) groups is 4. The first kappa shape index (κ1) is 30.7. The van der Waals surface area contributed by atoms with Gasteiger partial charge >= 0.3 is 5.97 Å². The summed E-state index contributed by atoms with van der Waals surface area (Å²) in [6, 6.07) is -2.49. The predicted molar refractivity (Wildman–Crippen MR) is 132 cm³/mol. The Morgan fingerprint density at radius 2 is 1.76 bits per heavy atom. The van der Waals surface area contributed by atoms with Crippen LogP contribution in [0.15, 0.2) is 12.2 Å². The first-order valence-electron chi connectivity index (χ1n) is 12.7. The third kappa shape index (κ3) is 8.22. The Morgan fingerprint density at radius 1 is 1.08 bits per heavy atom. The molecule has 12 nitrogen and oxygen atoms in total. The minimum Gasteiger partial charge on any atom is -0.467 e. The van der Waals surface area contributed by atoms with Gasteiger partial charge in [0.1, 0.15) is 36.4 Å². The van der Waals surface area contributed by atoms with Gasteiger partial charge in [-0.1, -0.05) is 19.9 Å². The molecule has 0 unspecified atom stereocenters. The maximum Gasteiger partial charge on any atom is 0.328 e. The second-order valence-corrected chi connectivity index (χ2v) is 10.1. The van der Waals surface area contributed by atoms with Crippen molar-refractivity contribution in [2.75, 3.05) is 13.7 Å². The van der Waals surface area contributed by atoms with E-state index in [1.165, 1.54) is 31.1 Å². The molecule has 210 valence electrons. The van der Waals surface area contributed by atoms with Crippen LogP contribution >= 0.6 is 0 Å². The number of hydrogen-bond acceptors (Lipinski definition) is 9. The van der Waals surface area contributed by atoms with Crippen molar-refractivity contribution < 1.29 is 44.0 Å². The molecule has 0 bridgehead atoms. The number of aliphatic hydroxyl groups is 3. The van der Waals surface area contributed by atoms with Crippen LogP contribution in [0.25, 0.3) is 0 Å². The highest BCUT2D eigenvalue weighted by Gasteiger charge is 2.41. The highest BCUT2D eigenvalue weighted by atomic mass is 16.5. The van der Waals surface area contributed by atoms with Crippen LogP contribution in [-0.2, 0) is 28.7 Å². The summed E-state index contributed by atoms with van der Waals surface area (Å²) < 4.78 is 10.3. The van der Waals surface area contributed by atoms with Crippen molar-refractivity contribution in [2.24, 2.45) is 5.92 Å². The van der Waals surface area contributed by atoms with Crippen molar-refractivity contribution in [2.45, 2.75) is 102 Å². The third-order valence-corrected chi connectivity index (χ3v) is 6.67. The summed E-state index contributed by atoms with van der Waals surface area (Å²) >= 11 is 0. The molecular formula is C25H41N3O9. The zero-order valence-electron chi connectivity index (χ0n) is 22.1. The number of nitrogens with zero attached hydrogens (tertiary/aromatic N) is 1. The fourth-order valence-electron chi connectivity index (χ4n) is 4.60. The number of amides is 3. The van der Waals surface area contributed by atoms with Gasteiger partial charge in [-0.3, -0.25) is 14.4 Å². The van der Waals surface area contributed by atoms with Gasteiger partial charge in [-0.2, -0.15) is 0 Å². The van der Waals surface area contributed by atoms with E-state index in [1.54, 1.807) is 6.92 Å². The van der Waals surface area contributed by atoms with Gasteiger partial charge in [0.2, 0.25) is 17.7 Å². The Kier molecular flexibility index (Phi) is 11.5. The van der Waals surface area contributed by atoms with E-state index >= 15 is 0 Å². The van der Waals surface area contributed by atoms with E-state index in [9.17, 15) is 34.5 Å². The summed E-state index contributed by atoms with van der Waals surface area (Å²) in [4.78, 5) is 51.8. The summed E-state index contributed by atoms with van der Waals surface area (Å²) in [5, 5.41) is 35.1. The van der Waals surface area contributed by atoms with Crippen molar-refractivity contribution >= 4 is 23.7 Å². The SMILES string of the molecule is COC(=O)[C@@H]1CCCN1C(=O)[C@H](C)NC(=O)[C@H](CC(C)C)NC(=O)/C=C/C[C@@H]1O[C@@H](C)[C@@H](O)[C@@H](O)[C@@H]1O. The maximum absolute atomic E-state index is 13.0. The van der Waals surface area contributed by atoms with E-state index < -0.39 is 72.3 Å². The molecule has 0 saturated carbocycles. The largest absolute Gasteiger partial charge is 0.467 e. The normalized spacial score (nSPS) is 29.7. The molecule has 2 rings (SSSR count). The maximum atomic E-state index is 13.0. The molecule has 0 aromatic rings. The van der Waals surface area contributed by atoms with Crippen LogP contribution in [0.1, 0.15) is 53.4 Å². The van der Waals surface area contributed by atoms with Crippen molar-refractivity contribution in [1.29, 1.82) is 0 Å². The van der Waals surface area contributed by atoms with Crippen LogP contribution in [0.2, 0.25) is 0 Å². The molecule has 12 heteroatoms. The van der Waals surface area contributed by atoms with E-state index in [0.717, 1.165) is 0 Å². The summed E-state index contributed by atoms with van der Waals surface area (Å²) in [6.45, 7) is 7.28. The van der Waals surface area contributed by atoms with Crippen molar-refractivity contribution in [3.63, 3.8) is 0 Å². The van der Waals surface area contributed by atoms with Crippen LogP contribution in [0.5, 0.6) is 0 Å². The molecule has 2 fully saturated rings. The first-order valence-corrected chi connectivity index (χ1v) is 12.7. The molecular weight excluding hydrogens is 486 g/mol. The number of likely N-dealkylation sites (tertiary alicyclic amines) is 1. The van der Waals surface area contributed by atoms with Crippen LogP contribution in [-0.4, -0.2) is 106 Å². The number of esters is 1. The van der Waals surface area contributed by atoms with E-state index in [2.05, 4.69) is 10.6 Å². The Morgan fingerprint density at radius 3 is 2.38 bits per heavy atom. The molecule has 0 aliphatic carbocycles. The predicted octanol–water partition coefficient (Wildman–Crippen LogP) is -0.998. The lowest BCUT2D eigenvalue weighted by Crippen LogP contribution is -2.56. The van der Waals surface area contributed by atoms with Gasteiger partial charge in [0.15, 0.2) is 0 Å². The molecule has 5 N–H and O–H groups in total. The van der Waals surface area contributed by atoms with Gasteiger partial charge < -0.3 is 40.3 Å². The number of carbonyl (C=O) groups excluding carboxylic acids is 4. The Labute approximate surface area is 217 Å². The topological polar surface area (TPSA) is 175 Å². The zero-order valence-corrected chi connectivity index (χ0v) is 22.1. The van der Waals surface area contributed by atoms with E-state index in [0.29, 0.717) is 25.8 Å². The number of rotatable bonds is 10. The van der Waals surface area contributed by atoms with Crippen molar-refractivity contribution in [1.82, 2.24) is 15.5 Å². The van der Waals surface area contributed by atoms with Gasteiger partial charge in [-0.15, -0.1) is 0 Å². The minimum absolute atomic E-state index is 0.0634. The highest BCUT2D eigenvalue weighted by molar-refractivity contribution is 5.95. The fourth-order valence-corrected chi connectivity index (χ4v) is 4.60. The van der Waals surface area contributed by atoms with E-state index in [-0.39, 0.29) is 12.3 Å². The molecule has 2 aliphatic rings. The first-order chi connectivity index (χ1) is 17.4. The molecule has 2 heterocycles. The van der Waals surface area contributed by atoms with Crippen molar-refractivity contribution in [3.05, 3.63) is 12.2 Å². The summed E-state index contributed by atoms with van der Waals surface area (Å²) in [6.07, 6.45) is -1.12. The van der Waals surface area contributed by atoms with Crippen LogP contribution in [0.4, 0.5) is 0 Å². The molecule has 8 atom stereocenters. The number of nitrogens with one attached hydrogen (secondary N) is 2. The second kappa shape index (κ2) is 13.8. The average molecular weight is 528 g/mol. The number of ether oxygens (including phenoxy) is 2. The molecule has 2 saturated heterocycles. The lowest BCUT2D eigenvalue weighted by molar-refractivity contribution is -0.215. The fraction of sp³-hybridized carbons (Fsp3) is 0.760. The monoisotopic (exact) mass is 527 g/mol. The minimum atomic E-state index is -1.36. The van der Waals surface area contributed by atoms with Gasteiger partial charge in [-0.25, -0.2) is 4.79 Å². The number of methoxy groups -OCH3 is 1. The van der Waals surface area contributed by atoms with Crippen LogP contribution < -0.4 is 10.6 Å². The Bertz CT molecular complexity index is 849. The van der Waals surface area contributed by atoms with Gasteiger partial charge in [0.05, 0.1) is 19.3 Å². The third-order valence-electron chi connectivity index (χ3n) is 6.67. The molecule has 0 spiro atoms. The van der Waals surface area contributed by atoms with Gasteiger partial charge in [-0.05, 0) is 51.5 Å². The van der Waals surface area contributed by atoms with E-state index in [1.807, 2.05) is 13.8 Å². The average Bonchev–Trinajstić information content (AvgIpc) is 3.34. The Hall–Kier alpha value is -2.54. The van der Waals surface area contributed by atoms with E-state index in [4.69, 9.17) is 9.47 Å². The van der Waals surface area contributed by atoms with Gasteiger partial charge in [0.25, 0.3) is 0 Å². The number of aliphatic hydroxyl groups excluding tert-OH is 3. The number of hydrogen-bond donors (Lipinski definition) is 5. The molecule has 0 aromatic carbocycles. The van der Waals surface area contributed by atoms with Crippen molar-refractivity contribution in [3.8, 4) is 0 Å². The zero-order chi connectivity index (χ0) is 27.9. The molecule has 3 amide bonds. The Balaban J connectivity index is 1.95. The second-order valence-electron chi connectivity index (χ2n) is 10.1. The smallest absolute Gasteiger partial charge is 0.328 e. The lowest BCUT2D eigenvalue weighted by atomic mass is 9.94. The summed E-state index contributed by atoms with van der Waals surface area (Å²) in [7, 11) is 1.26. The van der Waals surface area contributed by atoms with Gasteiger partial charge in [0, 0.05) is 6.54 Å². The quantitative estimate of drug-likeness (QED) is 0.176.